The summed E-state index contributed by atoms with van der Waals surface area (Å²) in [6.07, 6.45) is 5.36. The number of fused-ring (bicyclic) bond motifs is 1. The van der Waals surface area contributed by atoms with Gasteiger partial charge in [-0.05, 0) is 38.1 Å². The summed E-state index contributed by atoms with van der Waals surface area (Å²) in [5, 5.41) is 16.3. The molecule has 0 bridgehead atoms. The van der Waals surface area contributed by atoms with Crippen LogP contribution in [0.4, 0.5) is 0 Å². The summed E-state index contributed by atoms with van der Waals surface area (Å²) >= 11 is 1.46. The Hall–Kier alpha value is -1.73. The highest BCUT2D eigenvalue weighted by Crippen LogP contribution is 2.37. The molecule has 1 atom stereocenters. The topological polar surface area (TPSA) is 94.0 Å². The van der Waals surface area contributed by atoms with Gasteiger partial charge in [0.2, 0.25) is 5.13 Å². The third-order valence-electron chi connectivity index (χ3n) is 3.71. The lowest BCUT2D eigenvalue weighted by Crippen LogP contribution is -2.16. The van der Waals surface area contributed by atoms with Crippen LogP contribution in [0, 0.1) is 0 Å². The van der Waals surface area contributed by atoms with Crippen molar-refractivity contribution in [1.82, 2.24) is 14.8 Å². The molecule has 0 saturated heterocycles. The standard InChI is InChI=1S/C13H16N4O2S/c14-5-4-8-2-1-3-9-10(8)11(12(18)19)16-17(9)13-15-6-7-20-13/h6-8H,1-5,14H2,(H,18,19). The largest absolute Gasteiger partial charge is 0.476 e. The maximum absolute atomic E-state index is 11.5. The summed E-state index contributed by atoms with van der Waals surface area (Å²) < 4.78 is 1.70. The molecule has 106 valence electrons. The highest BCUT2D eigenvalue weighted by Gasteiger charge is 2.31. The molecule has 0 spiro atoms. The van der Waals surface area contributed by atoms with Gasteiger partial charge in [-0.25, -0.2) is 14.5 Å². The van der Waals surface area contributed by atoms with Gasteiger partial charge in [-0.15, -0.1) is 11.3 Å². The van der Waals surface area contributed by atoms with E-state index >= 15 is 0 Å². The molecule has 0 fully saturated rings. The van der Waals surface area contributed by atoms with Crippen LogP contribution in [-0.2, 0) is 6.42 Å². The lowest BCUT2D eigenvalue weighted by molar-refractivity contribution is 0.0688. The lowest BCUT2D eigenvalue weighted by Gasteiger charge is -2.22. The number of carboxylic acids is 1. The third kappa shape index (κ3) is 2.12. The Morgan fingerprint density at radius 1 is 1.60 bits per heavy atom. The third-order valence-corrected chi connectivity index (χ3v) is 4.46. The summed E-state index contributed by atoms with van der Waals surface area (Å²) in [5.74, 6) is -0.774. The second-order valence-electron chi connectivity index (χ2n) is 4.91. The molecule has 3 rings (SSSR count). The zero-order chi connectivity index (χ0) is 14.1. The molecule has 1 aliphatic rings. The van der Waals surface area contributed by atoms with Crippen molar-refractivity contribution in [3.05, 3.63) is 28.5 Å². The molecule has 2 aromatic rings. The number of aromatic nitrogens is 3. The summed E-state index contributed by atoms with van der Waals surface area (Å²) in [6, 6.07) is 0. The first-order valence-electron chi connectivity index (χ1n) is 6.67. The minimum absolute atomic E-state index is 0.161. The van der Waals surface area contributed by atoms with Gasteiger partial charge in [0.05, 0.1) is 5.69 Å². The molecular weight excluding hydrogens is 276 g/mol. The van der Waals surface area contributed by atoms with E-state index in [0.29, 0.717) is 6.54 Å². The summed E-state index contributed by atoms with van der Waals surface area (Å²) in [7, 11) is 0. The zero-order valence-electron chi connectivity index (χ0n) is 11.0. The van der Waals surface area contributed by atoms with Crippen molar-refractivity contribution in [3.63, 3.8) is 0 Å². The van der Waals surface area contributed by atoms with Crippen LogP contribution in [0.1, 0.15) is 46.9 Å². The maximum atomic E-state index is 11.5. The van der Waals surface area contributed by atoms with Gasteiger partial charge in [-0.3, -0.25) is 0 Å². The number of nitrogens with zero attached hydrogens (tertiary/aromatic N) is 3. The molecule has 7 heteroatoms. The van der Waals surface area contributed by atoms with E-state index in [2.05, 4.69) is 10.1 Å². The number of carbonyl (C=O) groups is 1. The van der Waals surface area contributed by atoms with Gasteiger partial charge in [-0.2, -0.15) is 5.10 Å². The molecule has 1 unspecified atom stereocenters. The van der Waals surface area contributed by atoms with E-state index in [1.165, 1.54) is 11.3 Å². The Kier molecular flexibility index (Phi) is 3.54. The highest BCUT2D eigenvalue weighted by molar-refractivity contribution is 7.12. The Morgan fingerprint density at radius 2 is 2.45 bits per heavy atom. The molecule has 0 aliphatic heterocycles. The minimum atomic E-state index is -0.972. The second-order valence-corrected chi connectivity index (χ2v) is 5.78. The van der Waals surface area contributed by atoms with Crippen molar-refractivity contribution in [2.75, 3.05) is 6.54 Å². The van der Waals surface area contributed by atoms with Crippen LogP contribution in [0.3, 0.4) is 0 Å². The Bertz CT molecular complexity index is 621. The van der Waals surface area contributed by atoms with Gasteiger partial charge in [0, 0.05) is 17.1 Å². The fourth-order valence-electron chi connectivity index (χ4n) is 2.92. The van der Waals surface area contributed by atoms with E-state index in [-0.39, 0.29) is 11.6 Å². The number of nitrogens with two attached hydrogens (primary N) is 1. The van der Waals surface area contributed by atoms with E-state index < -0.39 is 5.97 Å². The van der Waals surface area contributed by atoms with Crippen LogP contribution in [0.25, 0.3) is 5.13 Å². The first-order chi connectivity index (χ1) is 9.72. The molecule has 6 nitrogen and oxygen atoms in total. The van der Waals surface area contributed by atoms with Crippen molar-refractivity contribution in [1.29, 1.82) is 0 Å². The van der Waals surface area contributed by atoms with Crippen LogP contribution in [0.2, 0.25) is 0 Å². The monoisotopic (exact) mass is 292 g/mol. The molecule has 2 aromatic heterocycles. The molecule has 0 amide bonds. The Balaban J connectivity index is 2.15. The van der Waals surface area contributed by atoms with Crippen molar-refractivity contribution < 1.29 is 9.90 Å². The SMILES string of the molecule is NCCC1CCCc2c1c(C(=O)O)nn2-c1nccs1. The van der Waals surface area contributed by atoms with Crippen LogP contribution < -0.4 is 5.73 Å². The van der Waals surface area contributed by atoms with E-state index in [1.54, 1.807) is 10.9 Å². The predicted molar refractivity (Wildman–Crippen MR) is 75.5 cm³/mol. The summed E-state index contributed by atoms with van der Waals surface area (Å²) in [4.78, 5) is 15.7. The molecule has 0 aromatic carbocycles. The molecule has 0 saturated carbocycles. The van der Waals surface area contributed by atoms with Crippen molar-refractivity contribution in [2.24, 2.45) is 5.73 Å². The quantitative estimate of drug-likeness (QED) is 0.896. The number of rotatable bonds is 4. The Labute approximate surface area is 120 Å². The average Bonchev–Trinajstić information content (AvgIpc) is 3.06. The highest BCUT2D eigenvalue weighted by atomic mass is 32.1. The fraction of sp³-hybridized carbons (Fsp3) is 0.462. The zero-order valence-corrected chi connectivity index (χ0v) is 11.8. The molecule has 20 heavy (non-hydrogen) atoms. The number of aromatic carboxylic acids is 1. The summed E-state index contributed by atoms with van der Waals surface area (Å²) in [5.41, 5.74) is 7.67. The second kappa shape index (κ2) is 5.34. The first-order valence-corrected chi connectivity index (χ1v) is 7.55. The number of carboxylic acid groups (broad SMARTS) is 1. The number of hydrogen-bond donors (Lipinski definition) is 2. The van der Waals surface area contributed by atoms with Gasteiger partial charge >= 0.3 is 5.97 Å². The van der Waals surface area contributed by atoms with E-state index in [9.17, 15) is 9.90 Å². The van der Waals surface area contributed by atoms with Gasteiger partial charge in [-0.1, -0.05) is 0 Å². The number of hydrogen-bond acceptors (Lipinski definition) is 5. The van der Waals surface area contributed by atoms with Crippen LogP contribution in [0.15, 0.2) is 11.6 Å². The predicted octanol–water partition coefficient (Wildman–Crippen LogP) is 1.80. The Morgan fingerprint density at radius 3 is 3.10 bits per heavy atom. The first kappa shape index (κ1) is 13.3. The number of thiazole rings is 1. The van der Waals surface area contributed by atoms with Crippen molar-refractivity contribution in [2.45, 2.75) is 31.6 Å². The van der Waals surface area contributed by atoms with E-state index in [4.69, 9.17) is 5.73 Å². The van der Waals surface area contributed by atoms with Crippen LogP contribution in [-0.4, -0.2) is 32.4 Å². The van der Waals surface area contributed by atoms with E-state index in [0.717, 1.165) is 42.1 Å². The van der Waals surface area contributed by atoms with E-state index in [1.807, 2.05) is 5.38 Å². The fourth-order valence-corrected chi connectivity index (χ4v) is 3.54. The van der Waals surface area contributed by atoms with Gasteiger partial charge in [0.1, 0.15) is 0 Å². The molecule has 0 radical (unpaired) electrons. The van der Waals surface area contributed by atoms with Gasteiger partial charge in [0.25, 0.3) is 0 Å². The lowest BCUT2D eigenvalue weighted by atomic mass is 9.83. The van der Waals surface area contributed by atoms with Crippen molar-refractivity contribution >= 4 is 17.3 Å². The van der Waals surface area contributed by atoms with Gasteiger partial charge < -0.3 is 10.8 Å². The minimum Gasteiger partial charge on any atom is -0.476 e. The van der Waals surface area contributed by atoms with Gasteiger partial charge in [0.15, 0.2) is 5.69 Å². The molecular formula is C13H16N4O2S. The smallest absolute Gasteiger partial charge is 0.356 e. The normalized spacial score (nSPS) is 17.9. The molecule has 1 aliphatic carbocycles. The van der Waals surface area contributed by atoms with Crippen LogP contribution >= 0.6 is 11.3 Å². The summed E-state index contributed by atoms with van der Waals surface area (Å²) in [6.45, 7) is 0.561. The molecule has 2 heterocycles. The van der Waals surface area contributed by atoms with Crippen molar-refractivity contribution in [3.8, 4) is 5.13 Å². The average molecular weight is 292 g/mol. The maximum Gasteiger partial charge on any atom is 0.356 e. The van der Waals surface area contributed by atoms with Crippen LogP contribution in [0.5, 0.6) is 0 Å². The molecule has 3 N–H and O–H groups in total.